The fourth-order valence-electron chi connectivity index (χ4n) is 1.52. The summed E-state index contributed by atoms with van der Waals surface area (Å²) in [6, 6.07) is 5.38. The Bertz CT molecular complexity index is 544. The molecule has 2 rings (SSSR count). The zero-order valence-electron chi connectivity index (χ0n) is 8.81. The number of rotatable bonds is 3. The van der Waals surface area contributed by atoms with Crippen LogP contribution in [0.3, 0.4) is 0 Å². The average molecular weight is 238 g/mol. The van der Waals surface area contributed by atoms with Crippen LogP contribution in [0.4, 0.5) is 0 Å². The standard InChI is InChI=1S/C11H10O4S/c1-14-6-3-4-7-8(5-6)16-10(11(12)13)9(7)15-2/h3-5H,1-2H3,(H,12,13). The molecule has 1 aromatic carbocycles. The maximum atomic E-state index is 11.0. The van der Waals surface area contributed by atoms with Crippen molar-refractivity contribution in [3.63, 3.8) is 0 Å². The molecule has 0 saturated heterocycles. The van der Waals surface area contributed by atoms with E-state index in [4.69, 9.17) is 14.6 Å². The topological polar surface area (TPSA) is 55.8 Å². The SMILES string of the molecule is COc1ccc2c(OC)c(C(=O)O)sc2c1. The van der Waals surface area contributed by atoms with Gasteiger partial charge in [-0.3, -0.25) is 0 Å². The van der Waals surface area contributed by atoms with Crippen LogP contribution >= 0.6 is 11.3 Å². The smallest absolute Gasteiger partial charge is 0.349 e. The predicted octanol–water partition coefficient (Wildman–Crippen LogP) is 2.62. The molecule has 5 heteroatoms. The molecule has 2 aromatic rings. The van der Waals surface area contributed by atoms with E-state index in [1.54, 1.807) is 25.3 Å². The minimum absolute atomic E-state index is 0.214. The van der Waals surface area contributed by atoms with Gasteiger partial charge in [-0.05, 0) is 18.2 Å². The molecule has 0 spiro atoms. The molecule has 0 bridgehead atoms. The summed E-state index contributed by atoms with van der Waals surface area (Å²) in [5.41, 5.74) is 0. The molecule has 0 atom stereocenters. The van der Waals surface area contributed by atoms with Gasteiger partial charge in [0.2, 0.25) is 0 Å². The summed E-state index contributed by atoms with van der Waals surface area (Å²) in [5.74, 6) is 0.139. The molecule has 1 heterocycles. The number of hydrogen-bond acceptors (Lipinski definition) is 4. The summed E-state index contributed by atoms with van der Waals surface area (Å²) in [6.07, 6.45) is 0. The molecule has 16 heavy (non-hydrogen) atoms. The number of hydrogen-bond donors (Lipinski definition) is 1. The van der Waals surface area contributed by atoms with Crippen LogP contribution in [0.2, 0.25) is 0 Å². The van der Waals surface area contributed by atoms with Crippen LogP contribution in [0.15, 0.2) is 18.2 Å². The number of ether oxygens (including phenoxy) is 2. The van der Waals surface area contributed by atoms with Crippen LogP contribution in [0.5, 0.6) is 11.5 Å². The third-order valence-corrected chi connectivity index (χ3v) is 3.37. The maximum absolute atomic E-state index is 11.0. The third kappa shape index (κ3) is 1.59. The maximum Gasteiger partial charge on any atom is 0.349 e. The largest absolute Gasteiger partial charge is 0.497 e. The highest BCUT2D eigenvalue weighted by molar-refractivity contribution is 7.21. The Morgan fingerprint density at radius 2 is 2.06 bits per heavy atom. The number of aromatic carboxylic acids is 1. The number of benzene rings is 1. The number of methoxy groups -OCH3 is 2. The lowest BCUT2D eigenvalue weighted by Crippen LogP contribution is -1.95. The summed E-state index contributed by atoms with van der Waals surface area (Å²) in [5, 5.41) is 9.82. The molecule has 0 saturated carbocycles. The molecule has 1 N–H and O–H groups in total. The lowest BCUT2D eigenvalue weighted by atomic mass is 10.2. The van der Waals surface area contributed by atoms with Crippen molar-refractivity contribution in [2.24, 2.45) is 0 Å². The van der Waals surface area contributed by atoms with E-state index in [1.807, 2.05) is 0 Å². The van der Waals surface area contributed by atoms with Crippen molar-refractivity contribution in [2.75, 3.05) is 14.2 Å². The van der Waals surface area contributed by atoms with Gasteiger partial charge in [0.05, 0.1) is 14.2 Å². The molecule has 1 aromatic heterocycles. The zero-order valence-corrected chi connectivity index (χ0v) is 9.63. The van der Waals surface area contributed by atoms with Crippen molar-refractivity contribution in [3.8, 4) is 11.5 Å². The van der Waals surface area contributed by atoms with Gasteiger partial charge in [-0.15, -0.1) is 11.3 Å². The van der Waals surface area contributed by atoms with E-state index in [-0.39, 0.29) is 4.88 Å². The zero-order chi connectivity index (χ0) is 11.7. The van der Waals surface area contributed by atoms with Gasteiger partial charge in [0.25, 0.3) is 0 Å². The summed E-state index contributed by atoms with van der Waals surface area (Å²) in [4.78, 5) is 11.2. The van der Waals surface area contributed by atoms with E-state index < -0.39 is 5.97 Å². The highest BCUT2D eigenvalue weighted by atomic mass is 32.1. The third-order valence-electron chi connectivity index (χ3n) is 2.25. The lowest BCUT2D eigenvalue weighted by molar-refractivity contribution is 0.0699. The number of carboxylic acids is 1. The van der Waals surface area contributed by atoms with E-state index in [2.05, 4.69) is 0 Å². The van der Waals surface area contributed by atoms with Crippen molar-refractivity contribution in [3.05, 3.63) is 23.1 Å². The van der Waals surface area contributed by atoms with Gasteiger partial charge in [0.1, 0.15) is 5.75 Å². The first kappa shape index (κ1) is 10.8. The van der Waals surface area contributed by atoms with Crippen molar-refractivity contribution in [2.45, 2.75) is 0 Å². The fourth-order valence-corrected chi connectivity index (χ4v) is 2.56. The summed E-state index contributed by atoms with van der Waals surface area (Å²) >= 11 is 1.18. The summed E-state index contributed by atoms with van der Waals surface area (Å²) in [7, 11) is 3.04. The summed E-state index contributed by atoms with van der Waals surface area (Å²) < 4.78 is 11.0. The van der Waals surface area contributed by atoms with Gasteiger partial charge in [0, 0.05) is 10.1 Å². The Hall–Kier alpha value is -1.75. The van der Waals surface area contributed by atoms with Crippen LogP contribution in [0.25, 0.3) is 10.1 Å². The summed E-state index contributed by atoms with van der Waals surface area (Å²) in [6.45, 7) is 0. The van der Waals surface area contributed by atoms with Crippen LogP contribution in [0, 0.1) is 0 Å². The molecule has 4 nitrogen and oxygen atoms in total. The highest BCUT2D eigenvalue weighted by Crippen LogP contribution is 2.39. The van der Waals surface area contributed by atoms with E-state index >= 15 is 0 Å². The van der Waals surface area contributed by atoms with E-state index in [0.29, 0.717) is 11.5 Å². The second-order valence-corrected chi connectivity index (χ2v) is 4.18. The molecule has 0 aliphatic carbocycles. The average Bonchev–Trinajstić information content (AvgIpc) is 2.66. The first-order valence-corrected chi connectivity index (χ1v) is 5.37. The molecule has 0 amide bonds. The first-order chi connectivity index (χ1) is 7.67. The van der Waals surface area contributed by atoms with E-state index in [0.717, 1.165) is 10.1 Å². The second kappa shape index (κ2) is 4.02. The van der Waals surface area contributed by atoms with Gasteiger partial charge in [-0.1, -0.05) is 0 Å². The minimum Gasteiger partial charge on any atom is -0.497 e. The van der Waals surface area contributed by atoms with Gasteiger partial charge >= 0.3 is 5.97 Å². The molecular formula is C11H10O4S. The van der Waals surface area contributed by atoms with Crippen LogP contribution in [-0.2, 0) is 0 Å². The Morgan fingerprint density at radius 3 is 2.62 bits per heavy atom. The number of fused-ring (bicyclic) bond motifs is 1. The molecule has 0 unspecified atom stereocenters. The van der Waals surface area contributed by atoms with Gasteiger partial charge in [0.15, 0.2) is 10.6 Å². The van der Waals surface area contributed by atoms with E-state index in [1.165, 1.54) is 18.4 Å². The van der Waals surface area contributed by atoms with E-state index in [9.17, 15) is 4.79 Å². The Morgan fingerprint density at radius 1 is 1.31 bits per heavy atom. The molecule has 0 aliphatic heterocycles. The lowest BCUT2D eigenvalue weighted by Gasteiger charge is -2.00. The normalized spacial score (nSPS) is 10.4. The predicted molar refractivity (Wildman–Crippen MR) is 61.9 cm³/mol. The Kier molecular flexibility index (Phi) is 2.70. The molecule has 0 fully saturated rings. The van der Waals surface area contributed by atoms with Crippen LogP contribution in [-0.4, -0.2) is 25.3 Å². The van der Waals surface area contributed by atoms with Crippen molar-refractivity contribution in [1.82, 2.24) is 0 Å². The number of thiophene rings is 1. The molecule has 0 radical (unpaired) electrons. The van der Waals surface area contributed by atoms with Crippen molar-refractivity contribution < 1.29 is 19.4 Å². The number of carboxylic acid groups (broad SMARTS) is 1. The highest BCUT2D eigenvalue weighted by Gasteiger charge is 2.18. The van der Waals surface area contributed by atoms with Crippen LogP contribution < -0.4 is 9.47 Å². The second-order valence-electron chi connectivity index (χ2n) is 3.13. The fraction of sp³-hybridized carbons (Fsp3) is 0.182. The van der Waals surface area contributed by atoms with Crippen LogP contribution in [0.1, 0.15) is 9.67 Å². The molecular weight excluding hydrogens is 228 g/mol. The van der Waals surface area contributed by atoms with Crippen molar-refractivity contribution >= 4 is 27.4 Å². The minimum atomic E-state index is -0.975. The quantitative estimate of drug-likeness (QED) is 0.893. The van der Waals surface area contributed by atoms with Gasteiger partial charge in [-0.25, -0.2) is 4.79 Å². The molecule has 0 aliphatic rings. The number of carbonyl (C=O) groups is 1. The first-order valence-electron chi connectivity index (χ1n) is 4.55. The Labute approximate surface area is 96.0 Å². The van der Waals surface area contributed by atoms with Gasteiger partial charge in [-0.2, -0.15) is 0 Å². The Balaban J connectivity index is 2.71. The van der Waals surface area contributed by atoms with Gasteiger partial charge < -0.3 is 14.6 Å². The monoisotopic (exact) mass is 238 g/mol. The molecule has 84 valence electrons. The van der Waals surface area contributed by atoms with Crippen molar-refractivity contribution in [1.29, 1.82) is 0 Å².